The summed E-state index contributed by atoms with van der Waals surface area (Å²) in [6, 6.07) is -0.0204. The summed E-state index contributed by atoms with van der Waals surface area (Å²) in [4.78, 5) is 27.1. The molecule has 0 unspecified atom stereocenters. The van der Waals surface area contributed by atoms with Crippen LogP contribution in [-0.4, -0.2) is 63.8 Å². The van der Waals surface area contributed by atoms with Crippen LogP contribution in [0.15, 0.2) is 0 Å². The fourth-order valence-electron chi connectivity index (χ4n) is 2.79. The molecule has 0 aromatic carbocycles. The van der Waals surface area contributed by atoms with Crippen LogP contribution >= 0.6 is 0 Å². The quantitative estimate of drug-likeness (QED) is 0.756. The highest BCUT2D eigenvalue weighted by molar-refractivity contribution is 5.77. The molecule has 6 heteroatoms. The Labute approximate surface area is 119 Å². The maximum Gasteiger partial charge on any atom is 0.320 e. The highest BCUT2D eigenvalue weighted by atomic mass is 16.4. The van der Waals surface area contributed by atoms with Crippen molar-refractivity contribution in [3.05, 3.63) is 0 Å². The van der Waals surface area contributed by atoms with Crippen molar-refractivity contribution < 1.29 is 19.8 Å². The number of rotatable bonds is 1. The van der Waals surface area contributed by atoms with Crippen molar-refractivity contribution in [2.45, 2.75) is 45.1 Å². The van der Waals surface area contributed by atoms with E-state index < -0.39 is 17.0 Å². The van der Waals surface area contributed by atoms with Crippen molar-refractivity contribution in [3.8, 4) is 0 Å². The molecule has 6 nitrogen and oxygen atoms in total. The average molecular weight is 284 g/mol. The molecule has 0 aromatic heterocycles. The van der Waals surface area contributed by atoms with Crippen LogP contribution in [0.4, 0.5) is 4.79 Å². The summed E-state index contributed by atoms with van der Waals surface area (Å²) in [5.74, 6) is -0.779. The molecule has 2 amide bonds. The van der Waals surface area contributed by atoms with Gasteiger partial charge < -0.3 is 20.0 Å². The Morgan fingerprint density at radius 2 is 1.30 bits per heavy atom. The van der Waals surface area contributed by atoms with Crippen LogP contribution in [0.2, 0.25) is 0 Å². The number of hydrogen-bond acceptors (Lipinski definition) is 3. The minimum Gasteiger partial charge on any atom is -0.481 e. The number of hydrogen-bond donors (Lipinski definition) is 2. The molecule has 0 spiro atoms. The van der Waals surface area contributed by atoms with Gasteiger partial charge in [0.25, 0.3) is 0 Å². The molecule has 0 aliphatic carbocycles. The van der Waals surface area contributed by atoms with E-state index in [0.717, 1.165) is 0 Å². The zero-order valence-corrected chi connectivity index (χ0v) is 12.3. The molecule has 2 fully saturated rings. The molecule has 2 aliphatic rings. The number of carbonyl (C=O) groups is 2. The summed E-state index contributed by atoms with van der Waals surface area (Å²) in [5.41, 5.74) is -1.37. The minimum absolute atomic E-state index is 0.0204. The molecule has 0 atom stereocenters. The standard InChI is InChI=1S/C14H24N2O4/c1-13(11(17)18)3-7-15(8-4-13)12(19)16-9-5-14(2,20)6-10-16/h20H,3-10H2,1-2H3,(H,17,18). The van der Waals surface area contributed by atoms with Gasteiger partial charge in [0.2, 0.25) is 0 Å². The minimum atomic E-state index is -0.779. The molecular formula is C14H24N2O4. The SMILES string of the molecule is CC1(O)CCN(C(=O)N2CCC(C)(C(=O)O)CC2)CC1. The van der Waals surface area contributed by atoms with Crippen LogP contribution in [0, 0.1) is 5.41 Å². The molecule has 0 bridgehead atoms. The van der Waals surface area contributed by atoms with E-state index in [1.165, 1.54) is 0 Å². The maximum absolute atomic E-state index is 12.4. The van der Waals surface area contributed by atoms with E-state index in [-0.39, 0.29) is 6.03 Å². The second kappa shape index (κ2) is 5.24. The number of carboxylic acids is 1. The van der Waals surface area contributed by atoms with E-state index in [1.54, 1.807) is 23.6 Å². The number of aliphatic hydroxyl groups is 1. The summed E-state index contributed by atoms with van der Waals surface area (Å²) in [5, 5.41) is 19.1. The van der Waals surface area contributed by atoms with E-state index in [0.29, 0.717) is 51.9 Å². The smallest absolute Gasteiger partial charge is 0.320 e. The highest BCUT2D eigenvalue weighted by Crippen LogP contribution is 2.32. The Morgan fingerprint density at radius 3 is 1.70 bits per heavy atom. The molecule has 2 saturated heterocycles. The number of piperidine rings is 2. The average Bonchev–Trinajstić information content (AvgIpc) is 2.38. The number of carbonyl (C=O) groups excluding carboxylic acids is 1. The first-order chi connectivity index (χ1) is 9.23. The lowest BCUT2D eigenvalue weighted by molar-refractivity contribution is -0.150. The molecule has 114 valence electrons. The number of carboxylic acid groups (broad SMARTS) is 1. The van der Waals surface area contributed by atoms with Gasteiger partial charge in [-0.1, -0.05) is 0 Å². The zero-order valence-electron chi connectivity index (χ0n) is 12.3. The van der Waals surface area contributed by atoms with Crippen molar-refractivity contribution in [3.63, 3.8) is 0 Å². The molecule has 0 aromatic rings. The number of nitrogens with zero attached hydrogens (tertiary/aromatic N) is 2. The molecule has 0 saturated carbocycles. The van der Waals surface area contributed by atoms with Crippen LogP contribution in [-0.2, 0) is 4.79 Å². The van der Waals surface area contributed by atoms with Gasteiger partial charge in [0.1, 0.15) is 0 Å². The number of aliphatic carboxylic acids is 1. The van der Waals surface area contributed by atoms with Crippen LogP contribution in [0.5, 0.6) is 0 Å². The predicted octanol–water partition coefficient (Wildman–Crippen LogP) is 1.14. The van der Waals surface area contributed by atoms with E-state index in [4.69, 9.17) is 0 Å². The van der Waals surface area contributed by atoms with Gasteiger partial charge in [-0.3, -0.25) is 4.79 Å². The third-order valence-corrected chi connectivity index (χ3v) is 4.76. The van der Waals surface area contributed by atoms with Gasteiger partial charge in [-0.05, 0) is 39.5 Å². The second-order valence-corrected chi connectivity index (χ2v) is 6.62. The highest BCUT2D eigenvalue weighted by Gasteiger charge is 2.39. The lowest BCUT2D eigenvalue weighted by atomic mass is 9.80. The first kappa shape index (κ1) is 15.1. The Morgan fingerprint density at radius 1 is 0.900 bits per heavy atom. The van der Waals surface area contributed by atoms with E-state index in [9.17, 15) is 19.8 Å². The van der Waals surface area contributed by atoms with Gasteiger partial charge in [0.05, 0.1) is 11.0 Å². The van der Waals surface area contributed by atoms with Gasteiger partial charge in [-0.15, -0.1) is 0 Å². The van der Waals surface area contributed by atoms with Crippen molar-refractivity contribution >= 4 is 12.0 Å². The van der Waals surface area contributed by atoms with Crippen LogP contribution in [0.1, 0.15) is 39.5 Å². The summed E-state index contributed by atoms with van der Waals surface area (Å²) in [6.07, 6.45) is 2.19. The molecular weight excluding hydrogens is 260 g/mol. The largest absolute Gasteiger partial charge is 0.481 e. The zero-order chi connectivity index (χ0) is 15.0. The van der Waals surface area contributed by atoms with E-state index in [2.05, 4.69) is 0 Å². The summed E-state index contributed by atoms with van der Waals surface area (Å²) >= 11 is 0. The molecule has 2 aliphatic heterocycles. The van der Waals surface area contributed by atoms with Gasteiger partial charge in [0, 0.05) is 26.2 Å². The lowest BCUT2D eigenvalue weighted by Gasteiger charge is -2.41. The molecule has 2 N–H and O–H groups in total. The molecule has 2 heterocycles. The fraction of sp³-hybridized carbons (Fsp3) is 0.857. The Balaban J connectivity index is 1.88. The fourth-order valence-corrected chi connectivity index (χ4v) is 2.79. The Hall–Kier alpha value is -1.30. The monoisotopic (exact) mass is 284 g/mol. The summed E-state index contributed by atoms with van der Waals surface area (Å²) in [6.45, 7) is 5.67. The second-order valence-electron chi connectivity index (χ2n) is 6.62. The maximum atomic E-state index is 12.4. The van der Waals surface area contributed by atoms with Gasteiger partial charge in [0.15, 0.2) is 0 Å². The third kappa shape index (κ3) is 3.06. The van der Waals surface area contributed by atoms with Crippen molar-refractivity contribution in [1.82, 2.24) is 9.80 Å². The predicted molar refractivity (Wildman–Crippen MR) is 73.4 cm³/mol. The first-order valence-electron chi connectivity index (χ1n) is 7.23. The number of amides is 2. The summed E-state index contributed by atoms with van der Waals surface area (Å²) in [7, 11) is 0. The van der Waals surface area contributed by atoms with Gasteiger partial charge in [-0.2, -0.15) is 0 Å². The van der Waals surface area contributed by atoms with Crippen molar-refractivity contribution in [1.29, 1.82) is 0 Å². The van der Waals surface area contributed by atoms with Crippen LogP contribution in [0.3, 0.4) is 0 Å². The normalized spacial score (nSPS) is 25.4. The van der Waals surface area contributed by atoms with E-state index in [1.807, 2.05) is 0 Å². The number of likely N-dealkylation sites (tertiary alicyclic amines) is 2. The Kier molecular flexibility index (Phi) is 3.95. The van der Waals surface area contributed by atoms with Crippen molar-refractivity contribution in [2.24, 2.45) is 5.41 Å². The lowest BCUT2D eigenvalue weighted by Crippen LogP contribution is -2.53. The van der Waals surface area contributed by atoms with E-state index >= 15 is 0 Å². The molecule has 0 radical (unpaired) electrons. The Bertz CT molecular complexity index is 390. The molecule has 20 heavy (non-hydrogen) atoms. The topological polar surface area (TPSA) is 81.1 Å². The third-order valence-electron chi connectivity index (χ3n) is 4.76. The van der Waals surface area contributed by atoms with Gasteiger partial charge >= 0.3 is 12.0 Å². The van der Waals surface area contributed by atoms with Gasteiger partial charge in [-0.25, -0.2) is 4.79 Å². The number of urea groups is 1. The van der Waals surface area contributed by atoms with Crippen molar-refractivity contribution in [2.75, 3.05) is 26.2 Å². The first-order valence-corrected chi connectivity index (χ1v) is 7.23. The van der Waals surface area contributed by atoms with Crippen LogP contribution < -0.4 is 0 Å². The summed E-state index contributed by atoms with van der Waals surface area (Å²) < 4.78 is 0. The molecule has 2 rings (SSSR count). The van der Waals surface area contributed by atoms with Crippen LogP contribution in [0.25, 0.3) is 0 Å².